The molecule has 37 heavy (non-hydrogen) atoms. The number of esters is 1. The molecule has 210 valence electrons. The Labute approximate surface area is 210 Å². The number of rotatable bonds is 7. The molecule has 3 aliphatic heterocycles. The average Bonchev–Trinajstić information content (AvgIpc) is 3.34. The molecule has 3 heterocycles. The Morgan fingerprint density at radius 2 is 1.38 bits per heavy atom. The molecule has 13 atom stereocenters. The number of hydrogen-bond donors (Lipinski definition) is 9. The zero-order valence-corrected chi connectivity index (χ0v) is 19.5. The summed E-state index contributed by atoms with van der Waals surface area (Å²) in [6.07, 6.45) is -14.2. The zero-order valence-electron chi connectivity index (χ0n) is 19.5. The van der Waals surface area contributed by atoms with Crippen LogP contribution < -0.4 is 0 Å². The summed E-state index contributed by atoms with van der Waals surface area (Å²) in [5.41, 5.74) is 0.404. The van der Waals surface area contributed by atoms with Crippen LogP contribution in [0.1, 0.15) is 6.42 Å². The number of aliphatic hydroxyl groups excluding tert-OH is 9. The molecular weight excluding hydrogens is 504 g/mol. The SMILES string of the molecule is O=C(O[C@@H]1O[C@H](CO)[C@@H](O)[C@@H](O)[C@@H]1O)C1=CO[C@@H](O[C@@H]2O[C@@H](CO)[C@@H](O)[C@@H](O)[C@@H]2O)[C@@H]2C(CO)=CC[C@H]12. The minimum Gasteiger partial charge on any atom is -0.471 e. The van der Waals surface area contributed by atoms with Crippen LogP contribution in [0.15, 0.2) is 23.5 Å². The van der Waals surface area contributed by atoms with E-state index in [9.17, 15) is 50.8 Å². The van der Waals surface area contributed by atoms with Crippen LogP contribution in [-0.2, 0) is 28.5 Å². The van der Waals surface area contributed by atoms with Crippen LogP contribution in [0, 0.1) is 11.8 Å². The molecule has 0 radical (unpaired) electrons. The monoisotopic (exact) mass is 536 g/mol. The molecule has 0 aromatic carbocycles. The first-order valence-electron chi connectivity index (χ1n) is 11.8. The standard InChI is InChI=1S/C22H32O15/c23-3-7-1-2-8-9(19(32)36-21-17(30)15(28)13(26)10(4-24)34-21)6-33-20(12(7)8)37-22-18(31)16(29)14(27)11(5-25)35-22/h1,6,8,10-18,20-31H,2-5H2/t8-,10-,11+,12-,13-,14-,15-,16-,17+,18+,20+,21+,22+/m1/s1. The topological polar surface area (TPSA) is 245 Å². The summed E-state index contributed by atoms with van der Waals surface area (Å²) < 4.78 is 27.1. The maximum atomic E-state index is 13.0. The molecule has 1 aliphatic carbocycles. The molecule has 9 N–H and O–H groups in total. The van der Waals surface area contributed by atoms with E-state index in [1.54, 1.807) is 6.08 Å². The highest BCUT2D eigenvalue weighted by Crippen LogP contribution is 2.44. The molecule has 0 aromatic rings. The predicted octanol–water partition coefficient (Wildman–Crippen LogP) is -5.06. The van der Waals surface area contributed by atoms with Gasteiger partial charge in [0, 0.05) is 5.92 Å². The van der Waals surface area contributed by atoms with Crippen molar-refractivity contribution in [2.75, 3.05) is 19.8 Å². The summed E-state index contributed by atoms with van der Waals surface area (Å²) in [5.74, 6) is -2.44. The van der Waals surface area contributed by atoms with Crippen LogP contribution in [0.4, 0.5) is 0 Å². The number of fused-ring (bicyclic) bond motifs is 1. The van der Waals surface area contributed by atoms with Crippen LogP contribution in [0.2, 0.25) is 0 Å². The van der Waals surface area contributed by atoms with Crippen molar-refractivity contribution in [3.05, 3.63) is 23.5 Å². The Hall–Kier alpha value is -1.73. The van der Waals surface area contributed by atoms with Crippen molar-refractivity contribution in [2.24, 2.45) is 11.8 Å². The number of ether oxygens (including phenoxy) is 5. The van der Waals surface area contributed by atoms with Crippen molar-refractivity contribution in [3.63, 3.8) is 0 Å². The summed E-state index contributed by atoms with van der Waals surface area (Å²) in [7, 11) is 0. The second-order valence-corrected chi connectivity index (χ2v) is 9.32. The van der Waals surface area contributed by atoms with Gasteiger partial charge in [-0.2, -0.15) is 0 Å². The van der Waals surface area contributed by atoms with Gasteiger partial charge in [-0.3, -0.25) is 0 Å². The molecule has 0 aromatic heterocycles. The Bertz CT molecular complexity index is 874. The third kappa shape index (κ3) is 5.27. The largest absolute Gasteiger partial charge is 0.471 e. The lowest BCUT2D eigenvalue weighted by atomic mass is 9.83. The van der Waals surface area contributed by atoms with Gasteiger partial charge in [-0.05, 0) is 12.0 Å². The molecule has 2 saturated heterocycles. The normalized spacial score (nSPS) is 45.9. The lowest BCUT2D eigenvalue weighted by Gasteiger charge is -2.43. The number of allylic oxidation sites excluding steroid dienone is 1. The Balaban J connectivity index is 1.50. The van der Waals surface area contributed by atoms with E-state index in [2.05, 4.69) is 0 Å². The van der Waals surface area contributed by atoms with E-state index in [0.29, 0.717) is 5.57 Å². The van der Waals surface area contributed by atoms with E-state index >= 15 is 0 Å². The molecule has 0 bridgehead atoms. The molecule has 2 fully saturated rings. The van der Waals surface area contributed by atoms with Gasteiger partial charge in [0.05, 0.1) is 37.6 Å². The Morgan fingerprint density at radius 3 is 1.95 bits per heavy atom. The summed E-state index contributed by atoms with van der Waals surface area (Å²) in [6, 6.07) is 0. The highest BCUT2D eigenvalue weighted by atomic mass is 16.8. The first kappa shape index (κ1) is 28.3. The second kappa shape index (κ2) is 11.6. The van der Waals surface area contributed by atoms with Crippen LogP contribution >= 0.6 is 0 Å². The molecule has 0 spiro atoms. The summed E-state index contributed by atoms with van der Waals surface area (Å²) >= 11 is 0. The van der Waals surface area contributed by atoms with Crippen LogP contribution in [0.3, 0.4) is 0 Å². The molecule has 0 amide bonds. The van der Waals surface area contributed by atoms with E-state index in [1.165, 1.54) is 0 Å². The average molecular weight is 536 g/mol. The van der Waals surface area contributed by atoms with E-state index in [0.717, 1.165) is 6.26 Å². The van der Waals surface area contributed by atoms with Crippen LogP contribution in [0.5, 0.6) is 0 Å². The fourth-order valence-corrected chi connectivity index (χ4v) is 4.95. The van der Waals surface area contributed by atoms with Gasteiger partial charge in [0.15, 0.2) is 6.29 Å². The fourth-order valence-electron chi connectivity index (χ4n) is 4.95. The van der Waals surface area contributed by atoms with Gasteiger partial charge < -0.3 is 69.6 Å². The summed E-state index contributed by atoms with van der Waals surface area (Å²) in [4.78, 5) is 13.0. The quantitative estimate of drug-likeness (QED) is 0.109. The summed E-state index contributed by atoms with van der Waals surface area (Å²) in [6.45, 7) is -1.80. The first-order valence-corrected chi connectivity index (χ1v) is 11.8. The molecule has 15 heteroatoms. The minimum absolute atomic E-state index is 0.0321. The predicted molar refractivity (Wildman–Crippen MR) is 114 cm³/mol. The van der Waals surface area contributed by atoms with Gasteiger partial charge in [0.2, 0.25) is 12.6 Å². The van der Waals surface area contributed by atoms with Crippen molar-refractivity contribution < 1.29 is 74.4 Å². The lowest BCUT2D eigenvalue weighted by molar-refractivity contribution is -0.339. The zero-order chi connectivity index (χ0) is 27.0. The Kier molecular flexibility index (Phi) is 8.84. The molecule has 15 nitrogen and oxygen atoms in total. The van der Waals surface area contributed by atoms with Gasteiger partial charge in [0.25, 0.3) is 0 Å². The van der Waals surface area contributed by atoms with Crippen molar-refractivity contribution in [1.82, 2.24) is 0 Å². The minimum atomic E-state index is -1.81. The van der Waals surface area contributed by atoms with Crippen molar-refractivity contribution >= 4 is 5.97 Å². The number of carbonyl (C=O) groups is 1. The van der Waals surface area contributed by atoms with Gasteiger partial charge >= 0.3 is 5.97 Å². The van der Waals surface area contributed by atoms with Crippen LogP contribution in [0.25, 0.3) is 0 Å². The third-order valence-electron chi connectivity index (χ3n) is 7.12. The number of carbonyl (C=O) groups excluding carboxylic acids is 1. The van der Waals surface area contributed by atoms with E-state index in [-0.39, 0.29) is 12.0 Å². The highest BCUT2D eigenvalue weighted by molar-refractivity contribution is 5.89. The molecule has 0 saturated carbocycles. The molecule has 0 unspecified atom stereocenters. The van der Waals surface area contributed by atoms with Crippen molar-refractivity contribution in [1.29, 1.82) is 0 Å². The second-order valence-electron chi connectivity index (χ2n) is 9.32. The third-order valence-corrected chi connectivity index (χ3v) is 7.12. The number of aliphatic hydroxyl groups is 9. The lowest BCUT2D eigenvalue weighted by Crippen LogP contribution is -2.60. The first-order chi connectivity index (χ1) is 17.6. The van der Waals surface area contributed by atoms with Crippen molar-refractivity contribution in [2.45, 2.75) is 74.1 Å². The van der Waals surface area contributed by atoms with Gasteiger partial charge in [-0.1, -0.05) is 6.08 Å². The van der Waals surface area contributed by atoms with Crippen molar-refractivity contribution in [3.8, 4) is 0 Å². The maximum Gasteiger partial charge on any atom is 0.339 e. The van der Waals surface area contributed by atoms with Gasteiger partial charge in [-0.15, -0.1) is 0 Å². The number of hydrogen-bond acceptors (Lipinski definition) is 15. The smallest absolute Gasteiger partial charge is 0.339 e. The van der Waals surface area contributed by atoms with E-state index in [1.807, 2.05) is 0 Å². The maximum absolute atomic E-state index is 13.0. The van der Waals surface area contributed by atoms with Gasteiger partial charge in [0.1, 0.15) is 48.8 Å². The molecular formula is C22H32O15. The van der Waals surface area contributed by atoms with E-state index < -0.39 is 105 Å². The van der Waals surface area contributed by atoms with Crippen LogP contribution in [-0.4, -0.2) is 139 Å². The van der Waals surface area contributed by atoms with E-state index in [4.69, 9.17) is 23.7 Å². The Morgan fingerprint density at radius 1 is 0.811 bits per heavy atom. The highest BCUT2D eigenvalue weighted by Gasteiger charge is 2.51. The summed E-state index contributed by atoms with van der Waals surface area (Å²) in [5, 5.41) is 88.9. The fraction of sp³-hybridized carbons (Fsp3) is 0.773. The molecule has 4 aliphatic rings. The molecule has 4 rings (SSSR count). The van der Waals surface area contributed by atoms with Gasteiger partial charge in [-0.25, -0.2) is 4.79 Å².